The van der Waals surface area contributed by atoms with Crippen LogP contribution in [0.15, 0.2) is 0 Å². The molecule has 0 radical (unpaired) electrons. The molecule has 0 aromatic rings. The molecule has 1 aliphatic rings. The summed E-state index contributed by atoms with van der Waals surface area (Å²) in [6.45, 7) is 12.4. The highest BCUT2D eigenvalue weighted by Gasteiger charge is 2.27. The summed E-state index contributed by atoms with van der Waals surface area (Å²) in [6, 6.07) is 0.567. The van der Waals surface area contributed by atoms with Crippen LogP contribution in [0.4, 0.5) is 4.79 Å². The Morgan fingerprint density at radius 1 is 1.47 bits per heavy atom. The van der Waals surface area contributed by atoms with Gasteiger partial charge in [-0.1, -0.05) is 0 Å². The van der Waals surface area contributed by atoms with Gasteiger partial charge in [-0.05, 0) is 53.5 Å². The second-order valence-corrected chi connectivity index (χ2v) is 5.93. The fourth-order valence-electron chi connectivity index (χ4n) is 2.14. The number of nitrogens with zero attached hydrogens (tertiary/aromatic N) is 1. The molecule has 100 valence electrons. The van der Waals surface area contributed by atoms with Gasteiger partial charge in [-0.15, -0.1) is 0 Å². The zero-order valence-corrected chi connectivity index (χ0v) is 11.7. The Hall–Kier alpha value is -0.770. The van der Waals surface area contributed by atoms with Gasteiger partial charge in [0.2, 0.25) is 0 Å². The van der Waals surface area contributed by atoms with Crippen molar-refractivity contribution in [3.8, 4) is 0 Å². The van der Waals surface area contributed by atoms with E-state index in [1.807, 2.05) is 27.7 Å². The molecule has 0 aromatic carbocycles. The van der Waals surface area contributed by atoms with Gasteiger partial charge in [-0.3, -0.25) is 0 Å². The fourth-order valence-corrected chi connectivity index (χ4v) is 2.14. The summed E-state index contributed by atoms with van der Waals surface area (Å²) in [7, 11) is 0. The van der Waals surface area contributed by atoms with Crippen molar-refractivity contribution in [2.24, 2.45) is 5.92 Å². The van der Waals surface area contributed by atoms with Crippen LogP contribution in [0, 0.1) is 5.92 Å². The van der Waals surface area contributed by atoms with Crippen molar-refractivity contribution in [2.45, 2.75) is 52.7 Å². The van der Waals surface area contributed by atoms with Gasteiger partial charge in [-0.25, -0.2) is 4.79 Å². The van der Waals surface area contributed by atoms with E-state index < -0.39 is 5.60 Å². The quantitative estimate of drug-likeness (QED) is 0.825. The number of nitrogens with one attached hydrogen (secondary N) is 1. The van der Waals surface area contributed by atoms with Crippen molar-refractivity contribution in [1.82, 2.24) is 10.2 Å². The molecule has 17 heavy (non-hydrogen) atoms. The number of rotatable bonds is 3. The number of carbonyl (C=O) groups excluding carboxylic acids is 1. The normalized spacial score (nSPS) is 24.8. The van der Waals surface area contributed by atoms with Gasteiger partial charge in [0.15, 0.2) is 0 Å². The Morgan fingerprint density at radius 2 is 2.12 bits per heavy atom. The molecule has 1 N–H and O–H groups in total. The molecule has 0 bridgehead atoms. The maximum absolute atomic E-state index is 11.9. The van der Waals surface area contributed by atoms with E-state index in [1.165, 1.54) is 0 Å². The van der Waals surface area contributed by atoms with E-state index in [1.54, 1.807) is 4.90 Å². The van der Waals surface area contributed by atoms with Crippen LogP contribution in [0.5, 0.6) is 0 Å². The van der Waals surface area contributed by atoms with Crippen LogP contribution >= 0.6 is 0 Å². The van der Waals surface area contributed by atoms with E-state index in [0.717, 1.165) is 19.5 Å². The summed E-state index contributed by atoms with van der Waals surface area (Å²) in [5.41, 5.74) is -0.411. The van der Waals surface area contributed by atoms with E-state index in [9.17, 15) is 4.79 Å². The lowest BCUT2D eigenvalue weighted by Crippen LogP contribution is -2.39. The molecule has 0 aromatic heterocycles. The third-order valence-electron chi connectivity index (χ3n) is 2.95. The number of hydrogen-bond acceptors (Lipinski definition) is 3. The SMILES string of the molecule is CCN(CC1CN[C@@H](C)C1)C(=O)OC(C)(C)C. The first-order valence-electron chi connectivity index (χ1n) is 6.53. The minimum atomic E-state index is -0.411. The highest BCUT2D eigenvalue weighted by molar-refractivity contribution is 5.68. The lowest BCUT2D eigenvalue weighted by molar-refractivity contribution is 0.0235. The topological polar surface area (TPSA) is 41.6 Å². The molecular weight excluding hydrogens is 216 g/mol. The molecule has 1 rings (SSSR count). The minimum absolute atomic E-state index is 0.195. The van der Waals surface area contributed by atoms with Crippen LogP contribution in [-0.4, -0.2) is 42.3 Å². The van der Waals surface area contributed by atoms with Crippen LogP contribution in [0.2, 0.25) is 0 Å². The smallest absolute Gasteiger partial charge is 0.410 e. The van der Waals surface area contributed by atoms with Gasteiger partial charge in [0.25, 0.3) is 0 Å². The van der Waals surface area contributed by atoms with E-state index in [-0.39, 0.29) is 6.09 Å². The van der Waals surface area contributed by atoms with Crippen molar-refractivity contribution in [1.29, 1.82) is 0 Å². The molecule has 1 amide bonds. The molecule has 1 fully saturated rings. The van der Waals surface area contributed by atoms with Crippen molar-refractivity contribution in [3.63, 3.8) is 0 Å². The first-order valence-corrected chi connectivity index (χ1v) is 6.53. The van der Waals surface area contributed by atoms with Crippen molar-refractivity contribution in [2.75, 3.05) is 19.6 Å². The number of carbonyl (C=O) groups is 1. The Balaban J connectivity index is 2.45. The Morgan fingerprint density at radius 3 is 2.53 bits per heavy atom. The summed E-state index contributed by atoms with van der Waals surface area (Å²) in [6.07, 6.45) is 0.943. The van der Waals surface area contributed by atoms with Gasteiger partial charge in [0.1, 0.15) is 5.60 Å². The molecule has 0 aliphatic carbocycles. The van der Waals surface area contributed by atoms with Gasteiger partial charge >= 0.3 is 6.09 Å². The standard InChI is InChI=1S/C13H26N2O2/c1-6-15(12(16)17-13(3,4)5)9-11-7-10(2)14-8-11/h10-11,14H,6-9H2,1-5H3/t10-,11?/m0/s1. The van der Waals surface area contributed by atoms with Crippen molar-refractivity contribution in [3.05, 3.63) is 0 Å². The first kappa shape index (κ1) is 14.3. The lowest BCUT2D eigenvalue weighted by atomic mass is 10.1. The summed E-state index contributed by atoms with van der Waals surface area (Å²) in [5, 5.41) is 3.41. The predicted octanol–water partition coefficient (Wildman–Crippen LogP) is 2.24. The first-order chi connectivity index (χ1) is 7.81. The zero-order valence-electron chi connectivity index (χ0n) is 11.7. The predicted molar refractivity (Wildman–Crippen MR) is 69.1 cm³/mol. The maximum atomic E-state index is 11.9. The summed E-state index contributed by atoms with van der Waals surface area (Å²) in [5.74, 6) is 0.553. The number of amides is 1. The average molecular weight is 242 g/mol. The van der Waals surface area contributed by atoms with Gasteiger partial charge in [0.05, 0.1) is 0 Å². The molecule has 1 saturated heterocycles. The molecule has 1 heterocycles. The van der Waals surface area contributed by atoms with E-state index in [0.29, 0.717) is 18.5 Å². The van der Waals surface area contributed by atoms with E-state index >= 15 is 0 Å². The van der Waals surface area contributed by atoms with Gasteiger partial charge < -0.3 is 15.0 Å². The molecule has 0 spiro atoms. The summed E-state index contributed by atoms with van der Waals surface area (Å²) < 4.78 is 5.39. The molecule has 0 saturated carbocycles. The third-order valence-corrected chi connectivity index (χ3v) is 2.95. The van der Waals surface area contributed by atoms with Crippen LogP contribution in [-0.2, 0) is 4.74 Å². The second kappa shape index (κ2) is 5.71. The lowest BCUT2D eigenvalue weighted by Gasteiger charge is -2.28. The highest BCUT2D eigenvalue weighted by Crippen LogP contribution is 2.17. The summed E-state index contributed by atoms with van der Waals surface area (Å²) >= 11 is 0. The molecule has 1 unspecified atom stereocenters. The fraction of sp³-hybridized carbons (Fsp3) is 0.923. The van der Waals surface area contributed by atoms with Crippen LogP contribution in [0.25, 0.3) is 0 Å². The molecular formula is C13H26N2O2. The van der Waals surface area contributed by atoms with Crippen molar-refractivity contribution >= 4 is 6.09 Å². The van der Waals surface area contributed by atoms with Gasteiger partial charge in [0, 0.05) is 19.1 Å². The maximum Gasteiger partial charge on any atom is 0.410 e. The molecule has 1 aliphatic heterocycles. The highest BCUT2D eigenvalue weighted by atomic mass is 16.6. The minimum Gasteiger partial charge on any atom is -0.444 e. The largest absolute Gasteiger partial charge is 0.444 e. The van der Waals surface area contributed by atoms with Crippen LogP contribution < -0.4 is 5.32 Å². The Labute approximate surface area is 105 Å². The van der Waals surface area contributed by atoms with Crippen LogP contribution in [0.1, 0.15) is 41.0 Å². The summed E-state index contributed by atoms with van der Waals surface area (Å²) in [4.78, 5) is 13.7. The van der Waals surface area contributed by atoms with Crippen LogP contribution in [0.3, 0.4) is 0 Å². The molecule has 2 atom stereocenters. The van der Waals surface area contributed by atoms with E-state index in [4.69, 9.17) is 4.74 Å². The molecule has 4 nitrogen and oxygen atoms in total. The number of hydrogen-bond donors (Lipinski definition) is 1. The van der Waals surface area contributed by atoms with Crippen molar-refractivity contribution < 1.29 is 9.53 Å². The monoisotopic (exact) mass is 242 g/mol. The number of ether oxygens (including phenoxy) is 1. The second-order valence-electron chi connectivity index (χ2n) is 5.93. The Bertz CT molecular complexity index is 261. The van der Waals surface area contributed by atoms with E-state index in [2.05, 4.69) is 12.2 Å². The Kier molecular flexibility index (Phi) is 4.80. The third kappa shape index (κ3) is 4.94. The van der Waals surface area contributed by atoms with Gasteiger partial charge in [-0.2, -0.15) is 0 Å². The zero-order chi connectivity index (χ0) is 13.1. The average Bonchev–Trinajstić information content (AvgIpc) is 2.57. The molecule has 4 heteroatoms.